The Hall–Kier alpha value is -1.48. The van der Waals surface area contributed by atoms with Crippen LogP contribution < -0.4 is 0 Å². The molecule has 19 heavy (non-hydrogen) atoms. The SMILES string of the molecule is COC(OC)c1cc(SC)c(C#N)c2c1ccn2C. The highest BCUT2D eigenvalue weighted by Gasteiger charge is 2.19. The summed E-state index contributed by atoms with van der Waals surface area (Å²) in [6, 6.07) is 6.26. The highest BCUT2D eigenvalue weighted by Crippen LogP contribution is 2.35. The predicted octanol–water partition coefficient (Wildman–Crippen LogP) is 3.06. The molecule has 0 saturated heterocycles. The van der Waals surface area contributed by atoms with Crippen LogP contribution >= 0.6 is 11.8 Å². The van der Waals surface area contributed by atoms with Gasteiger partial charge in [-0.05, 0) is 18.4 Å². The summed E-state index contributed by atoms with van der Waals surface area (Å²) >= 11 is 1.55. The standard InChI is InChI=1S/C14H16N2O2S/c1-16-6-5-9-10(14(17-2)18-3)7-12(19-4)11(8-15)13(9)16/h5-7,14H,1-4H3. The van der Waals surface area contributed by atoms with Crippen molar-refractivity contribution in [3.8, 4) is 6.07 Å². The zero-order valence-corrected chi connectivity index (χ0v) is 12.2. The maximum atomic E-state index is 9.40. The van der Waals surface area contributed by atoms with Gasteiger partial charge in [0.05, 0.1) is 11.1 Å². The highest BCUT2D eigenvalue weighted by atomic mass is 32.2. The number of aromatic nitrogens is 1. The van der Waals surface area contributed by atoms with Gasteiger partial charge >= 0.3 is 0 Å². The van der Waals surface area contributed by atoms with Crippen LogP contribution in [0.5, 0.6) is 0 Å². The number of methoxy groups -OCH3 is 2. The molecule has 1 aromatic heterocycles. The van der Waals surface area contributed by atoms with Crippen LogP contribution in [0.4, 0.5) is 0 Å². The summed E-state index contributed by atoms with van der Waals surface area (Å²) in [4.78, 5) is 0.936. The van der Waals surface area contributed by atoms with E-state index in [4.69, 9.17) is 9.47 Å². The van der Waals surface area contributed by atoms with Crippen molar-refractivity contribution in [1.82, 2.24) is 4.57 Å². The van der Waals surface area contributed by atoms with Crippen LogP contribution in [0.1, 0.15) is 17.4 Å². The maximum Gasteiger partial charge on any atom is 0.183 e. The largest absolute Gasteiger partial charge is 0.352 e. The number of hydrogen-bond acceptors (Lipinski definition) is 4. The van der Waals surface area contributed by atoms with E-state index in [-0.39, 0.29) is 0 Å². The van der Waals surface area contributed by atoms with Crippen molar-refractivity contribution in [3.05, 3.63) is 29.5 Å². The van der Waals surface area contributed by atoms with Gasteiger partial charge in [0.1, 0.15) is 6.07 Å². The molecule has 5 heteroatoms. The Morgan fingerprint density at radius 3 is 2.58 bits per heavy atom. The second-order valence-corrected chi connectivity index (χ2v) is 5.00. The molecule has 0 atom stereocenters. The number of ether oxygens (including phenoxy) is 2. The first-order valence-corrected chi connectivity index (χ1v) is 7.02. The van der Waals surface area contributed by atoms with Gasteiger partial charge in [-0.2, -0.15) is 5.26 Å². The molecular weight excluding hydrogens is 260 g/mol. The summed E-state index contributed by atoms with van der Waals surface area (Å²) in [5, 5.41) is 10.4. The molecule has 2 aromatic rings. The Labute approximate surface area is 116 Å². The van der Waals surface area contributed by atoms with Gasteiger partial charge in [0.2, 0.25) is 0 Å². The Morgan fingerprint density at radius 2 is 2.05 bits per heavy atom. The summed E-state index contributed by atoms with van der Waals surface area (Å²) < 4.78 is 12.7. The molecule has 0 aliphatic rings. The molecule has 0 saturated carbocycles. The molecule has 0 fully saturated rings. The maximum absolute atomic E-state index is 9.40. The zero-order valence-electron chi connectivity index (χ0n) is 11.4. The molecule has 0 radical (unpaired) electrons. The Morgan fingerprint density at radius 1 is 1.37 bits per heavy atom. The summed E-state index contributed by atoms with van der Waals surface area (Å²) in [7, 11) is 5.16. The zero-order chi connectivity index (χ0) is 14.0. The van der Waals surface area contributed by atoms with Crippen LogP contribution in [-0.2, 0) is 16.5 Å². The molecule has 1 aromatic carbocycles. The van der Waals surface area contributed by atoms with Gasteiger partial charge in [-0.3, -0.25) is 0 Å². The fourth-order valence-corrected chi connectivity index (χ4v) is 2.89. The van der Waals surface area contributed by atoms with Crippen LogP contribution in [0.25, 0.3) is 10.9 Å². The van der Waals surface area contributed by atoms with Gasteiger partial charge in [0, 0.05) is 43.3 Å². The summed E-state index contributed by atoms with van der Waals surface area (Å²) in [6.45, 7) is 0. The molecule has 2 rings (SSSR count). The summed E-state index contributed by atoms with van der Waals surface area (Å²) in [5.74, 6) is 0. The van der Waals surface area contributed by atoms with Gasteiger partial charge in [0.25, 0.3) is 0 Å². The number of nitriles is 1. The average molecular weight is 276 g/mol. The van der Waals surface area contributed by atoms with Crippen molar-refractivity contribution < 1.29 is 9.47 Å². The monoisotopic (exact) mass is 276 g/mol. The van der Waals surface area contributed by atoms with E-state index in [1.54, 1.807) is 26.0 Å². The van der Waals surface area contributed by atoms with Crippen LogP contribution in [-0.4, -0.2) is 25.0 Å². The third-order valence-corrected chi connectivity index (χ3v) is 3.93. The van der Waals surface area contributed by atoms with Gasteiger partial charge in [0.15, 0.2) is 6.29 Å². The second kappa shape index (κ2) is 5.66. The lowest BCUT2D eigenvalue weighted by Crippen LogP contribution is -2.05. The van der Waals surface area contributed by atoms with Crippen molar-refractivity contribution in [1.29, 1.82) is 5.26 Å². The minimum absolute atomic E-state index is 0.427. The summed E-state index contributed by atoms with van der Waals surface area (Å²) in [5.41, 5.74) is 2.57. The van der Waals surface area contributed by atoms with E-state index in [1.807, 2.05) is 36.2 Å². The topological polar surface area (TPSA) is 47.2 Å². The number of rotatable bonds is 4. The molecule has 4 nitrogen and oxygen atoms in total. The third-order valence-electron chi connectivity index (χ3n) is 3.17. The number of nitrogens with zero attached hydrogens (tertiary/aromatic N) is 2. The van der Waals surface area contributed by atoms with Crippen LogP contribution in [0, 0.1) is 11.3 Å². The van der Waals surface area contributed by atoms with E-state index in [0.717, 1.165) is 21.4 Å². The first-order chi connectivity index (χ1) is 9.17. The fourth-order valence-electron chi connectivity index (χ4n) is 2.30. The normalized spacial score (nSPS) is 11.2. The second-order valence-electron chi connectivity index (χ2n) is 4.15. The Kier molecular flexibility index (Phi) is 4.15. The minimum Gasteiger partial charge on any atom is -0.352 e. The van der Waals surface area contributed by atoms with Crippen LogP contribution in [0.3, 0.4) is 0 Å². The first kappa shape index (κ1) is 13.9. The molecule has 0 amide bonds. The average Bonchev–Trinajstić information content (AvgIpc) is 2.82. The van der Waals surface area contributed by atoms with Crippen molar-refractivity contribution >= 4 is 22.7 Å². The van der Waals surface area contributed by atoms with Gasteiger partial charge in [-0.1, -0.05) is 0 Å². The molecule has 0 N–H and O–H groups in total. The number of aryl methyl sites for hydroxylation is 1. The molecule has 0 aliphatic carbocycles. The molecule has 0 bridgehead atoms. The first-order valence-electron chi connectivity index (χ1n) is 5.79. The summed E-state index contributed by atoms with van der Waals surface area (Å²) in [6.07, 6.45) is 3.48. The van der Waals surface area contributed by atoms with Crippen molar-refractivity contribution in [3.63, 3.8) is 0 Å². The lowest BCUT2D eigenvalue weighted by Gasteiger charge is -2.17. The third kappa shape index (κ3) is 2.23. The smallest absolute Gasteiger partial charge is 0.183 e. The van der Waals surface area contributed by atoms with E-state index in [0.29, 0.717) is 5.56 Å². The Balaban J connectivity index is 2.83. The predicted molar refractivity (Wildman–Crippen MR) is 76.2 cm³/mol. The number of hydrogen-bond donors (Lipinski definition) is 0. The van der Waals surface area contributed by atoms with E-state index in [2.05, 4.69) is 6.07 Å². The van der Waals surface area contributed by atoms with Gasteiger partial charge < -0.3 is 14.0 Å². The molecule has 1 heterocycles. The van der Waals surface area contributed by atoms with E-state index in [1.165, 1.54) is 0 Å². The number of benzene rings is 1. The van der Waals surface area contributed by atoms with Crippen LogP contribution in [0.2, 0.25) is 0 Å². The van der Waals surface area contributed by atoms with Gasteiger partial charge in [-0.15, -0.1) is 11.8 Å². The quantitative estimate of drug-likeness (QED) is 0.636. The molecular formula is C14H16N2O2S. The van der Waals surface area contributed by atoms with Gasteiger partial charge in [-0.25, -0.2) is 0 Å². The fraction of sp³-hybridized carbons (Fsp3) is 0.357. The van der Waals surface area contributed by atoms with E-state index < -0.39 is 6.29 Å². The Bertz CT molecular complexity index is 639. The molecule has 0 aliphatic heterocycles. The van der Waals surface area contributed by atoms with E-state index >= 15 is 0 Å². The minimum atomic E-state index is -0.427. The van der Waals surface area contributed by atoms with E-state index in [9.17, 15) is 5.26 Å². The number of thioether (sulfide) groups is 1. The molecule has 100 valence electrons. The lowest BCUT2D eigenvalue weighted by atomic mass is 10.1. The molecule has 0 spiro atoms. The lowest BCUT2D eigenvalue weighted by molar-refractivity contribution is -0.105. The number of fused-ring (bicyclic) bond motifs is 1. The van der Waals surface area contributed by atoms with Crippen LogP contribution in [0.15, 0.2) is 23.2 Å². The van der Waals surface area contributed by atoms with Crippen molar-refractivity contribution in [2.75, 3.05) is 20.5 Å². The molecule has 0 unspecified atom stereocenters. The van der Waals surface area contributed by atoms with Crippen molar-refractivity contribution in [2.45, 2.75) is 11.2 Å². The highest BCUT2D eigenvalue weighted by molar-refractivity contribution is 7.98. The van der Waals surface area contributed by atoms with Crippen molar-refractivity contribution in [2.24, 2.45) is 7.05 Å².